The minimum Gasteiger partial charge on any atom is -0.371 e. The van der Waals surface area contributed by atoms with E-state index in [9.17, 15) is 13.2 Å². The van der Waals surface area contributed by atoms with Crippen LogP contribution in [0.1, 0.15) is 31.4 Å². The summed E-state index contributed by atoms with van der Waals surface area (Å²) in [4.78, 5) is 2.01. The van der Waals surface area contributed by atoms with E-state index >= 15 is 0 Å². The van der Waals surface area contributed by atoms with Crippen LogP contribution in [-0.4, -0.2) is 19.3 Å². The molecule has 1 fully saturated rings. The van der Waals surface area contributed by atoms with E-state index in [2.05, 4.69) is 0 Å². The van der Waals surface area contributed by atoms with E-state index in [4.69, 9.17) is 5.73 Å². The molecule has 1 saturated heterocycles. The summed E-state index contributed by atoms with van der Waals surface area (Å²) in [5.41, 5.74) is 7.88. The van der Waals surface area contributed by atoms with Crippen LogP contribution in [0, 0.1) is 5.92 Å². The lowest BCUT2D eigenvalue weighted by Crippen LogP contribution is -2.39. The van der Waals surface area contributed by atoms with Gasteiger partial charge in [-0.3, -0.25) is 0 Å². The number of para-hydroxylation sites is 1. The second-order valence-electron chi connectivity index (χ2n) is 5.15. The summed E-state index contributed by atoms with van der Waals surface area (Å²) < 4.78 is 37.9. The molecule has 0 spiro atoms. The highest BCUT2D eigenvalue weighted by Gasteiger charge is 2.41. The average Bonchev–Trinajstić information content (AvgIpc) is 2.38. The van der Waals surface area contributed by atoms with Crippen molar-refractivity contribution in [2.75, 3.05) is 18.0 Å². The predicted molar refractivity (Wildman–Crippen MR) is 70.0 cm³/mol. The van der Waals surface area contributed by atoms with Gasteiger partial charge in [0.1, 0.15) is 0 Å². The Balaban J connectivity index is 2.10. The van der Waals surface area contributed by atoms with Crippen molar-refractivity contribution in [1.82, 2.24) is 0 Å². The molecule has 0 aliphatic carbocycles. The van der Waals surface area contributed by atoms with E-state index in [1.165, 1.54) is 0 Å². The van der Waals surface area contributed by atoms with E-state index in [1.54, 1.807) is 0 Å². The van der Waals surface area contributed by atoms with Crippen molar-refractivity contribution < 1.29 is 13.2 Å². The van der Waals surface area contributed by atoms with Crippen LogP contribution in [0.5, 0.6) is 0 Å². The van der Waals surface area contributed by atoms with Gasteiger partial charge < -0.3 is 10.6 Å². The van der Waals surface area contributed by atoms with Gasteiger partial charge in [0.05, 0.1) is 5.92 Å². The maximum absolute atomic E-state index is 12.6. The van der Waals surface area contributed by atoms with E-state index in [0.717, 1.165) is 11.3 Å². The molecular formula is C14H19F3N2. The summed E-state index contributed by atoms with van der Waals surface area (Å²) in [6.07, 6.45) is -3.74. The first-order valence-corrected chi connectivity index (χ1v) is 6.55. The molecule has 19 heavy (non-hydrogen) atoms. The van der Waals surface area contributed by atoms with Gasteiger partial charge in [-0.2, -0.15) is 13.2 Å². The second-order valence-corrected chi connectivity index (χ2v) is 5.15. The number of alkyl halides is 3. The zero-order valence-electron chi connectivity index (χ0n) is 11.0. The molecule has 0 radical (unpaired) electrons. The second kappa shape index (κ2) is 5.41. The van der Waals surface area contributed by atoms with Gasteiger partial charge in [-0.25, -0.2) is 0 Å². The molecule has 0 aromatic heterocycles. The summed E-state index contributed by atoms with van der Waals surface area (Å²) in [6, 6.07) is 7.57. The normalized spacial score (nSPS) is 19.5. The Kier molecular flexibility index (Phi) is 4.04. The van der Waals surface area contributed by atoms with Crippen LogP contribution in [0.2, 0.25) is 0 Å². The Hall–Kier alpha value is -1.23. The first-order valence-electron chi connectivity index (χ1n) is 6.55. The van der Waals surface area contributed by atoms with Crippen LogP contribution in [0.3, 0.4) is 0 Å². The summed E-state index contributed by atoms with van der Waals surface area (Å²) in [7, 11) is 0. The number of nitrogens with two attached hydrogens (primary N) is 1. The zero-order valence-corrected chi connectivity index (χ0v) is 11.0. The molecule has 2 nitrogen and oxygen atoms in total. The van der Waals surface area contributed by atoms with Crippen LogP contribution in [0.25, 0.3) is 0 Å². The quantitative estimate of drug-likeness (QED) is 0.893. The highest BCUT2D eigenvalue weighted by Crippen LogP contribution is 2.36. The van der Waals surface area contributed by atoms with Gasteiger partial charge >= 0.3 is 6.18 Å². The molecule has 0 bridgehead atoms. The van der Waals surface area contributed by atoms with Crippen molar-refractivity contribution in [2.45, 2.75) is 32.0 Å². The van der Waals surface area contributed by atoms with Crippen molar-refractivity contribution in [3.05, 3.63) is 29.8 Å². The van der Waals surface area contributed by atoms with Crippen molar-refractivity contribution >= 4 is 5.69 Å². The highest BCUT2D eigenvalue weighted by atomic mass is 19.4. The van der Waals surface area contributed by atoms with Crippen LogP contribution >= 0.6 is 0 Å². The summed E-state index contributed by atoms with van der Waals surface area (Å²) >= 11 is 0. The Bertz CT molecular complexity index is 421. The average molecular weight is 272 g/mol. The van der Waals surface area contributed by atoms with Crippen LogP contribution < -0.4 is 10.6 Å². The number of rotatable bonds is 2. The monoisotopic (exact) mass is 272 g/mol. The molecule has 0 saturated carbocycles. The van der Waals surface area contributed by atoms with Gasteiger partial charge in [-0.05, 0) is 31.4 Å². The van der Waals surface area contributed by atoms with Gasteiger partial charge in [0.25, 0.3) is 0 Å². The Morgan fingerprint density at radius 2 is 1.79 bits per heavy atom. The third kappa shape index (κ3) is 3.21. The fourth-order valence-electron chi connectivity index (χ4n) is 2.61. The van der Waals surface area contributed by atoms with Gasteiger partial charge in [-0.1, -0.05) is 18.2 Å². The first-order chi connectivity index (χ1) is 8.89. The number of hydrogen-bond donors (Lipinski definition) is 1. The van der Waals surface area contributed by atoms with E-state index in [0.29, 0.717) is 13.1 Å². The highest BCUT2D eigenvalue weighted by molar-refractivity contribution is 5.55. The van der Waals surface area contributed by atoms with Crippen molar-refractivity contribution in [1.29, 1.82) is 0 Å². The largest absolute Gasteiger partial charge is 0.391 e. The fraction of sp³-hybridized carbons (Fsp3) is 0.571. The van der Waals surface area contributed by atoms with Crippen LogP contribution in [-0.2, 0) is 0 Å². The molecule has 1 aromatic rings. The lowest BCUT2D eigenvalue weighted by Gasteiger charge is -2.35. The molecule has 1 atom stereocenters. The number of nitrogens with zero attached hydrogens (tertiary/aromatic N) is 1. The van der Waals surface area contributed by atoms with E-state index in [-0.39, 0.29) is 18.9 Å². The molecule has 1 heterocycles. The summed E-state index contributed by atoms with van der Waals surface area (Å²) in [5, 5.41) is 0. The molecule has 106 valence electrons. The summed E-state index contributed by atoms with van der Waals surface area (Å²) in [6.45, 7) is 2.77. The third-order valence-electron chi connectivity index (χ3n) is 3.73. The predicted octanol–water partition coefficient (Wildman–Crippen LogP) is 3.49. The van der Waals surface area contributed by atoms with Crippen molar-refractivity contribution in [2.24, 2.45) is 11.7 Å². The lowest BCUT2D eigenvalue weighted by atomic mass is 9.95. The maximum atomic E-state index is 12.6. The smallest absolute Gasteiger partial charge is 0.371 e. The summed E-state index contributed by atoms with van der Waals surface area (Å²) in [5.74, 6) is -1.16. The molecule has 1 aliphatic heterocycles. The SMILES string of the molecule is C[C@H](N)c1ccccc1N1CCC(C(F)(F)F)CC1. The van der Waals surface area contributed by atoms with E-state index < -0.39 is 12.1 Å². The first kappa shape index (κ1) is 14.2. The number of halogens is 3. The van der Waals surface area contributed by atoms with Crippen LogP contribution in [0.15, 0.2) is 24.3 Å². The molecule has 2 N–H and O–H groups in total. The minimum absolute atomic E-state index is 0.114. The molecule has 0 amide bonds. The third-order valence-corrected chi connectivity index (χ3v) is 3.73. The molecule has 1 aromatic carbocycles. The molecule has 1 aliphatic rings. The zero-order chi connectivity index (χ0) is 14.0. The van der Waals surface area contributed by atoms with Gasteiger partial charge in [0.2, 0.25) is 0 Å². The van der Waals surface area contributed by atoms with Crippen LogP contribution in [0.4, 0.5) is 18.9 Å². The molecular weight excluding hydrogens is 253 g/mol. The Morgan fingerprint density at radius 3 is 2.32 bits per heavy atom. The lowest BCUT2D eigenvalue weighted by molar-refractivity contribution is -0.179. The van der Waals surface area contributed by atoms with Gasteiger partial charge in [0, 0.05) is 24.8 Å². The Labute approximate surface area is 111 Å². The fourth-order valence-corrected chi connectivity index (χ4v) is 2.61. The van der Waals surface area contributed by atoms with Gasteiger partial charge in [-0.15, -0.1) is 0 Å². The number of piperidine rings is 1. The molecule has 5 heteroatoms. The number of anilines is 1. The topological polar surface area (TPSA) is 29.3 Å². The van der Waals surface area contributed by atoms with Gasteiger partial charge in [0.15, 0.2) is 0 Å². The van der Waals surface area contributed by atoms with E-state index in [1.807, 2.05) is 36.1 Å². The minimum atomic E-state index is -4.06. The number of benzene rings is 1. The number of hydrogen-bond acceptors (Lipinski definition) is 2. The maximum Gasteiger partial charge on any atom is 0.391 e. The standard InChI is InChI=1S/C14H19F3N2/c1-10(18)12-4-2-3-5-13(12)19-8-6-11(7-9-19)14(15,16)17/h2-5,10-11H,6-9,18H2,1H3/t10-/m0/s1. The molecule has 2 rings (SSSR count). The van der Waals surface area contributed by atoms with Crippen molar-refractivity contribution in [3.63, 3.8) is 0 Å². The molecule has 0 unspecified atom stereocenters. The van der Waals surface area contributed by atoms with Crippen molar-refractivity contribution in [3.8, 4) is 0 Å². The Morgan fingerprint density at radius 1 is 1.21 bits per heavy atom.